The Kier molecular flexibility index (Phi) is 1.94. The number of para-hydroxylation sites is 1. The van der Waals surface area contributed by atoms with Crippen LogP contribution >= 0.6 is 0 Å². The van der Waals surface area contributed by atoms with Gasteiger partial charge in [-0.2, -0.15) is 5.26 Å². The summed E-state index contributed by atoms with van der Waals surface area (Å²) in [5, 5.41) is 8.68. The van der Waals surface area contributed by atoms with E-state index in [-0.39, 0.29) is 0 Å². The molecule has 1 unspecified atom stereocenters. The summed E-state index contributed by atoms with van der Waals surface area (Å²) >= 11 is 0. The van der Waals surface area contributed by atoms with Crippen molar-refractivity contribution in [2.24, 2.45) is 0 Å². The van der Waals surface area contributed by atoms with E-state index in [1.807, 2.05) is 6.07 Å². The van der Waals surface area contributed by atoms with Gasteiger partial charge in [0, 0.05) is 11.7 Å². The van der Waals surface area contributed by atoms with E-state index in [0.717, 1.165) is 6.42 Å². The fourth-order valence-corrected chi connectivity index (χ4v) is 1.95. The van der Waals surface area contributed by atoms with Crippen LogP contribution in [-0.2, 0) is 6.42 Å². The topological polar surface area (TPSA) is 27.0 Å². The summed E-state index contributed by atoms with van der Waals surface area (Å²) in [6.07, 6.45) is 1.07. The molecule has 1 aromatic rings. The number of anilines is 1. The second kappa shape index (κ2) is 3.10. The molecule has 1 heterocycles. The van der Waals surface area contributed by atoms with Crippen LogP contribution in [0.25, 0.3) is 0 Å². The highest BCUT2D eigenvalue weighted by Crippen LogP contribution is 2.30. The van der Waals surface area contributed by atoms with Gasteiger partial charge in [-0.1, -0.05) is 18.2 Å². The normalized spacial score (nSPS) is 19.7. The van der Waals surface area contributed by atoms with Crippen LogP contribution in [0.5, 0.6) is 0 Å². The number of benzene rings is 1. The molecule has 0 radical (unpaired) electrons. The van der Waals surface area contributed by atoms with Crippen molar-refractivity contribution in [3.8, 4) is 6.07 Å². The van der Waals surface area contributed by atoms with Gasteiger partial charge in [0.1, 0.15) is 6.54 Å². The van der Waals surface area contributed by atoms with Crippen molar-refractivity contribution in [2.75, 3.05) is 11.4 Å². The highest BCUT2D eigenvalue weighted by atomic mass is 15.2. The maximum Gasteiger partial charge on any atom is 0.106 e. The summed E-state index contributed by atoms with van der Waals surface area (Å²) in [5.74, 6) is 0. The van der Waals surface area contributed by atoms with E-state index < -0.39 is 0 Å². The molecular weight excluding hydrogens is 160 g/mol. The monoisotopic (exact) mass is 172 g/mol. The van der Waals surface area contributed by atoms with Crippen molar-refractivity contribution >= 4 is 5.69 Å². The minimum atomic E-state index is 0.469. The van der Waals surface area contributed by atoms with E-state index in [9.17, 15) is 0 Å². The zero-order valence-corrected chi connectivity index (χ0v) is 7.70. The molecular formula is C11H12N2. The van der Waals surface area contributed by atoms with Crippen molar-refractivity contribution in [2.45, 2.75) is 19.4 Å². The number of nitriles is 1. The average molecular weight is 172 g/mol. The van der Waals surface area contributed by atoms with Gasteiger partial charge < -0.3 is 4.90 Å². The third-order valence-electron chi connectivity index (χ3n) is 2.59. The Morgan fingerprint density at radius 3 is 3.08 bits per heavy atom. The van der Waals surface area contributed by atoms with E-state index in [2.05, 4.69) is 36.1 Å². The number of nitrogens with zero attached hydrogens (tertiary/aromatic N) is 2. The molecule has 0 aromatic heterocycles. The van der Waals surface area contributed by atoms with E-state index in [4.69, 9.17) is 5.26 Å². The van der Waals surface area contributed by atoms with Crippen LogP contribution in [0.1, 0.15) is 12.5 Å². The van der Waals surface area contributed by atoms with Crippen molar-refractivity contribution in [3.63, 3.8) is 0 Å². The third kappa shape index (κ3) is 1.27. The Morgan fingerprint density at radius 2 is 2.31 bits per heavy atom. The van der Waals surface area contributed by atoms with Crippen LogP contribution in [0.3, 0.4) is 0 Å². The van der Waals surface area contributed by atoms with E-state index in [1.54, 1.807) is 0 Å². The summed E-state index contributed by atoms with van der Waals surface area (Å²) in [6, 6.07) is 11.0. The second-order valence-corrected chi connectivity index (χ2v) is 3.47. The molecule has 13 heavy (non-hydrogen) atoms. The molecule has 1 atom stereocenters. The van der Waals surface area contributed by atoms with Gasteiger partial charge in [-0.3, -0.25) is 0 Å². The molecule has 0 aliphatic carbocycles. The Labute approximate surface area is 78.4 Å². The highest BCUT2D eigenvalue weighted by molar-refractivity contribution is 5.59. The van der Waals surface area contributed by atoms with Gasteiger partial charge in [0.25, 0.3) is 0 Å². The smallest absolute Gasteiger partial charge is 0.106 e. The summed E-state index contributed by atoms with van der Waals surface area (Å²) in [4.78, 5) is 2.16. The SMILES string of the molecule is CC1Cc2ccccc2N1CC#N. The first-order chi connectivity index (χ1) is 6.33. The van der Waals surface area contributed by atoms with Crippen LogP contribution in [0, 0.1) is 11.3 Å². The standard InChI is InChI=1S/C11H12N2/c1-9-8-10-4-2-3-5-11(10)13(9)7-6-12/h2-5,9H,7-8H2,1H3. The maximum absolute atomic E-state index is 8.68. The molecule has 66 valence electrons. The zero-order chi connectivity index (χ0) is 9.26. The molecule has 0 saturated heterocycles. The van der Waals surface area contributed by atoms with Crippen LogP contribution in [0.15, 0.2) is 24.3 Å². The fraction of sp³-hybridized carbons (Fsp3) is 0.364. The lowest BCUT2D eigenvalue weighted by Gasteiger charge is -2.20. The van der Waals surface area contributed by atoms with Crippen LogP contribution in [-0.4, -0.2) is 12.6 Å². The van der Waals surface area contributed by atoms with Crippen molar-refractivity contribution in [1.82, 2.24) is 0 Å². The Balaban J connectivity index is 2.36. The average Bonchev–Trinajstić information content (AvgIpc) is 2.44. The third-order valence-corrected chi connectivity index (χ3v) is 2.59. The van der Waals surface area contributed by atoms with Crippen LogP contribution in [0.4, 0.5) is 5.69 Å². The Hall–Kier alpha value is -1.49. The van der Waals surface area contributed by atoms with Gasteiger partial charge in [-0.15, -0.1) is 0 Å². The largest absolute Gasteiger partial charge is 0.355 e. The Morgan fingerprint density at radius 1 is 1.54 bits per heavy atom. The number of hydrogen-bond donors (Lipinski definition) is 0. The van der Waals surface area contributed by atoms with Gasteiger partial charge in [0.15, 0.2) is 0 Å². The van der Waals surface area contributed by atoms with Gasteiger partial charge in [0.05, 0.1) is 6.07 Å². The van der Waals surface area contributed by atoms with Gasteiger partial charge >= 0.3 is 0 Å². The number of hydrogen-bond acceptors (Lipinski definition) is 2. The lowest BCUT2D eigenvalue weighted by Crippen LogP contribution is -2.29. The van der Waals surface area contributed by atoms with E-state index in [0.29, 0.717) is 12.6 Å². The molecule has 1 aliphatic heterocycles. The molecule has 0 N–H and O–H groups in total. The maximum atomic E-state index is 8.68. The van der Waals surface area contributed by atoms with Crippen LogP contribution in [0.2, 0.25) is 0 Å². The number of rotatable bonds is 1. The van der Waals surface area contributed by atoms with Gasteiger partial charge in [0.2, 0.25) is 0 Å². The van der Waals surface area contributed by atoms with E-state index >= 15 is 0 Å². The fourth-order valence-electron chi connectivity index (χ4n) is 1.95. The molecule has 1 aliphatic rings. The van der Waals surface area contributed by atoms with Gasteiger partial charge in [-0.25, -0.2) is 0 Å². The summed E-state index contributed by atoms with van der Waals surface area (Å²) in [5.41, 5.74) is 2.60. The van der Waals surface area contributed by atoms with Crippen molar-refractivity contribution in [3.05, 3.63) is 29.8 Å². The second-order valence-electron chi connectivity index (χ2n) is 3.47. The minimum Gasteiger partial charge on any atom is -0.355 e. The molecule has 2 rings (SSSR count). The molecule has 0 saturated carbocycles. The summed E-state index contributed by atoms with van der Waals surface area (Å²) in [7, 11) is 0. The molecule has 0 amide bonds. The lowest BCUT2D eigenvalue weighted by molar-refractivity contribution is 0.709. The minimum absolute atomic E-state index is 0.469. The zero-order valence-electron chi connectivity index (χ0n) is 7.70. The molecule has 1 aromatic carbocycles. The molecule has 0 spiro atoms. The van der Waals surface area contributed by atoms with Crippen molar-refractivity contribution in [1.29, 1.82) is 5.26 Å². The first-order valence-electron chi connectivity index (χ1n) is 4.54. The molecule has 0 fully saturated rings. The van der Waals surface area contributed by atoms with Crippen LogP contribution < -0.4 is 4.90 Å². The predicted molar refractivity (Wildman–Crippen MR) is 52.6 cm³/mol. The molecule has 0 bridgehead atoms. The first-order valence-corrected chi connectivity index (χ1v) is 4.54. The highest BCUT2D eigenvalue weighted by Gasteiger charge is 2.24. The van der Waals surface area contributed by atoms with Gasteiger partial charge in [-0.05, 0) is 25.0 Å². The predicted octanol–water partition coefficient (Wildman–Crippen LogP) is 1.96. The molecule has 2 heteroatoms. The van der Waals surface area contributed by atoms with Crippen molar-refractivity contribution < 1.29 is 0 Å². The molecule has 2 nitrogen and oxygen atoms in total. The first kappa shape index (κ1) is 8.12. The summed E-state index contributed by atoms with van der Waals surface area (Å²) < 4.78 is 0. The lowest BCUT2D eigenvalue weighted by atomic mass is 10.1. The quantitative estimate of drug-likeness (QED) is 0.605. The summed E-state index contributed by atoms with van der Waals surface area (Å²) in [6.45, 7) is 2.66. The number of fused-ring (bicyclic) bond motifs is 1. The van der Waals surface area contributed by atoms with E-state index in [1.165, 1.54) is 11.3 Å². The Bertz CT molecular complexity index is 351.